The lowest BCUT2D eigenvalue weighted by Crippen LogP contribution is -2.53. The molecule has 2 saturated heterocycles. The molecule has 2 heterocycles. The van der Waals surface area contributed by atoms with Crippen molar-refractivity contribution < 1.29 is 9.47 Å². The van der Waals surface area contributed by atoms with Crippen molar-refractivity contribution in [1.29, 1.82) is 0 Å². The van der Waals surface area contributed by atoms with Gasteiger partial charge in [0.15, 0.2) is 5.96 Å². The fourth-order valence-corrected chi connectivity index (χ4v) is 3.77. The summed E-state index contributed by atoms with van der Waals surface area (Å²) in [6.45, 7) is 7.92. The van der Waals surface area contributed by atoms with E-state index in [2.05, 4.69) is 60.4 Å². The third kappa shape index (κ3) is 5.92. The Morgan fingerprint density at radius 2 is 2.04 bits per heavy atom. The number of guanidine groups is 1. The summed E-state index contributed by atoms with van der Waals surface area (Å²) in [4.78, 5) is 9.42. The number of rotatable bonds is 6. The van der Waals surface area contributed by atoms with Gasteiger partial charge < -0.3 is 24.6 Å². The SMILES string of the molecule is CCNC(=NCc1cccc(CN(C)C)c1)N1CCOC(C2CCCO2)C1. The molecule has 0 spiro atoms. The standard InChI is InChI=1S/C21H34N4O2/c1-4-22-21(23-14-17-7-5-8-18(13-17)15-24(2)3)25-10-12-27-20(16-25)19-9-6-11-26-19/h5,7-8,13,19-20H,4,6,9-12,14-16H2,1-3H3,(H,22,23). The predicted molar refractivity (Wildman–Crippen MR) is 109 cm³/mol. The van der Waals surface area contributed by atoms with Gasteiger partial charge in [0.1, 0.15) is 6.10 Å². The van der Waals surface area contributed by atoms with E-state index in [0.717, 1.165) is 58.2 Å². The first-order valence-electron chi connectivity index (χ1n) is 10.1. The lowest BCUT2D eigenvalue weighted by atomic mass is 10.1. The summed E-state index contributed by atoms with van der Waals surface area (Å²) in [5, 5.41) is 3.45. The molecule has 2 unspecified atom stereocenters. The number of aliphatic imine (C=N–C) groups is 1. The molecule has 0 radical (unpaired) electrons. The Hall–Kier alpha value is -1.63. The minimum Gasteiger partial charge on any atom is -0.375 e. The summed E-state index contributed by atoms with van der Waals surface area (Å²) < 4.78 is 11.8. The molecule has 0 aromatic heterocycles. The van der Waals surface area contributed by atoms with Crippen LogP contribution < -0.4 is 5.32 Å². The van der Waals surface area contributed by atoms with E-state index in [-0.39, 0.29) is 12.2 Å². The Morgan fingerprint density at radius 1 is 1.22 bits per heavy atom. The fourth-order valence-electron chi connectivity index (χ4n) is 3.77. The van der Waals surface area contributed by atoms with Crippen molar-refractivity contribution in [3.63, 3.8) is 0 Å². The van der Waals surface area contributed by atoms with Gasteiger partial charge in [-0.2, -0.15) is 0 Å². The zero-order chi connectivity index (χ0) is 19.1. The lowest BCUT2D eigenvalue weighted by Gasteiger charge is -2.37. The molecule has 1 aromatic rings. The van der Waals surface area contributed by atoms with E-state index in [1.165, 1.54) is 11.1 Å². The van der Waals surface area contributed by atoms with Gasteiger partial charge in [0, 0.05) is 32.8 Å². The Kier molecular flexibility index (Phi) is 7.50. The van der Waals surface area contributed by atoms with E-state index >= 15 is 0 Å². The second-order valence-electron chi connectivity index (χ2n) is 7.63. The number of hydrogen-bond acceptors (Lipinski definition) is 4. The second-order valence-corrected chi connectivity index (χ2v) is 7.63. The molecule has 6 nitrogen and oxygen atoms in total. The molecule has 2 aliphatic rings. The van der Waals surface area contributed by atoms with Crippen LogP contribution in [0.1, 0.15) is 30.9 Å². The van der Waals surface area contributed by atoms with Gasteiger partial charge in [-0.15, -0.1) is 0 Å². The van der Waals surface area contributed by atoms with Gasteiger partial charge in [0.05, 0.1) is 19.3 Å². The zero-order valence-electron chi connectivity index (χ0n) is 17.0. The highest BCUT2D eigenvalue weighted by molar-refractivity contribution is 5.80. The summed E-state index contributed by atoms with van der Waals surface area (Å²) in [6.07, 6.45) is 2.62. The van der Waals surface area contributed by atoms with E-state index in [0.29, 0.717) is 6.54 Å². The first kappa shape index (κ1) is 20.1. The molecule has 2 fully saturated rings. The highest BCUT2D eigenvalue weighted by Crippen LogP contribution is 2.21. The normalized spacial score (nSPS) is 23.9. The van der Waals surface area contributed by atoms with Crippen LogP contribution in [-0.2, 0) is 22.6 Å². The Bertz CT molecular complexity index is 614. The van der Waals surface area contributed by atoms with Crippen molar-refractivity contribution in [3.05, 3.63) is 35.4 Å². The van der Waals surface area contributed by atoms with Gasteiger partial charge in [0.2, 0.25) is 0 Å². The van der Waals surface area contributed by atoms with E-state index in [4.69, 9.17) is 14.5 Å². The molecule has 0 saturated carbocycles. The largest absolute Gasteiger partial charge is 0.375 e. The molecule has 0 bridgehead atoms. The maximum absolute atomic E-state index is 5.98. The number of nitrogens with one attached hydrogen (secondary N) is 1. The van der Waals surface area contributed by atoms with Gasteiger partial charge in [0.25, 0.3) is 0 Å². The average Bonchev–Trinajstić information content (AvgIpc) is 3.20. The summed E-state index contributed by atoms with van der Waals surface area (Å²) in [5.74, 6) is 0.974. The van der Waals surface area contributed by atoms with Crippen molar-refractivity contribution in [2.75, 3.05) is 46.9 Å². The second kappa shape index (κ2) is 10.1. The van der Waals surface area contributed by atoms with Crippen LogP contribution in [0.4, 0.5) is 0 Å². The van der Waals surface area contributed by atoms with Crippen LogP contribution in [0, 0.1) is 0 Å². The van der Waals surface area contributed by atoms with E-state index < -0.39 is 0 Å². The highest BCUT2D eigenvalue weighted by Gasteiger charge is 2.32. The van der Waals surface area contributed by atoms with Crippen molar-refractivity contribution >= 4 is 5.96 Å². The van der Waals surface area contributed by atoms with Crippen molar-refractivity contribution in [1.82, 2.24) is 15.1 Å². The topological polar surface area (TPSA) is 49.3 Å². The molecular formula is C21H34N4O2. The van der Waals surface area contributed by atoms with E-state index in [9.17, 15) is 0 Å². The van der Waals surface area contributed by atoms with Crippen LogP contribution in [0.15, 0.2) is 29.3 Å². The minimum atomic E-state index is 0.147. The number of morpholine rings is 1. The van der Waals surface area contributed by atoms with Gasteiger partial charge >= 0.3 is 0 Å². The van der Waals surface area contributed by atoms with Crippen molar-refractivity contribution in [2.24, 2.45) is 4.99 Å². The van der Waals surface area contributed by atoms with Gasteiger partial charge in [-0.25, -0.2) is 4.99 Å². The summed E-state index contributed by atoms with van der Waals surface area (Å²) in [5.41, 5.74) is 2.57. The van der Waals surface area contributed by atoms with E-state index in [1.54, 1.807) is 0 Å². The number of hydrogen-bond donors (Lipinski definition) is 1. The minimum absolute atomic E-state index is 0.147. The summed E-state index contributed by atoms with van der Waals surface area (Å²) in [7, 11) is 4.19. The number of ether oxygens (including phenoxy) is 2. The van der Waals surface area contributed by atoms with Gasteiger partial charge in [-0.05, 0) is 45.0 Å². The van der Waals surface area contributed by atoms with E-state index in [1.807, 2.05) is 0 Å². The Balaban J connectivity index is 1.65. The molecule has 1 aromatic carbocycles. The molecule has 0 aliphatic carbocycles. The molecule has 150 valence electrons. The molecule has 6 heteroatoms. The van der Waals surface area contributed by atoms with Crippen molar-refractivity contribution in [3.8, 4) is 0 Å². The number of nitrogens with zero attached hydrogens (tertiary/aromatic N) is 3. The van der Waals surface area contributed by atoms with Crippen LogP contribution in [0.25, 0.3) is 0 Å². The first-order valence-corrected chi connectivity index (χ1v) is 10.1. The quantitative estimate of drug-likeness (QED) is 0.610. The molecule has 0 amide bonds. The smallest absolute Gasteiger partial charge is 0.194 e. The van der Waals surface area contributed by atoms with Crippen LogP contribution in [0.2, 0.25) is 0 Å². The Labute approximate surface area is 163 Å². The summed E-state index contributed by atoms with van der Waals surface area (Å²) in [6, 6.07) is 8.70. The first-order chi connectivity index (χ1) is 13.2. The third-order valence-electron chi connectivity index (χ3n) is 5.01. The van der Waals surface area contributed by atoms with Crippen LogP contribution in [0.5, 0.6) is 0 Å². The monoisotopic (exact) mass is 374 g/mol. The average molecular weight is 375 g/mol. The maximum Gasteiger partial charge on any atom is 0.194 e. The van der Waals surface area contributed by atoms with Crippen LogP contribution >= 0.6 is 0 Å². The fraction of sp³-hybridized carbons (Fsp3) is 0.667. The van der Waals surface area contributed by atoms with Crippen LogP contribution in [0.3, 0.4) is 0 Å². The summed E-state index contributed by atoms with van der Waals surface area (Å²) >= 11 is 0. The van der Waals surface area contributed by atoms with Gasteiger partial charge in [-0.3, -0.25) is 0 Å². The molecule has 3 rings (SSSR count). The molecule has 2 atom stereocenters. The number of benzene rings is 1. The highest BCUT2D eigenvalue weighted by atomic mass is 16.5. The molecule has 2 aliphatic heterocycles. The molecular weight excluding hydrogens is 340 g/mol. The zero-order valence-corrected chi connectivity index (χ0v) is 17.0. The van der Waals surface area contributed by atoms with Gasteiger partial charge in [-0.1, -0.05) is 24.3 Å². The molecule has 27 heavy (non-hydrogen) atoms. The maximum atomic E-state index is 5.98. The van der Waals surface area contributed by atoms with Crippen LogP contribution in [-0.4, -0.2) is 74.9 Å². The third-order valence-corrected chi connectivity index (χ3v) is 5.01. The van der Waals surface area contributed by atoms with Crippen molar-refractivity contribution in [2.45, 2.75) is 45.1 Å². The predicted octanol–water partition coefficient (Wildman–Crippen LogP) is 2.09. The Morgan fingerprint density at radius 3 is 2.78 bits per heavy atom. The lowest BCUT2D eigenvalue weighted by molar-refractivity contribution is -0.0817. The molecule has 1 N–H and O–H groups in total.